The number of alkyl halides is 3. The molecule has 0 spiro atoms. The highest BCUT2D eigenvalue weighted by Gasteiger charge is 2.39. The normalized spacial score (nSPS) is 36.3. The lowest BCUT2D eigenvalue weighted by molar-refractivity contribution is -0.128. The van der Waals surface area contributed by atoms with Crippen molar-refractivity contribution >= 4 is 0 Å². The number of piperidine rings is 1. The fourth-order valence-electron chi connectivity index (χ4n) is 3.65. The Labute approximate surface area is 124 Å². The van der Waals surface area contributed by atoms with E-state index in [0.717, 1.165) is 19.4 Å². The number of halogens is 3. The summed E-state index contributed by atoms with van der Waals surface area (Å²) in [5.41, 5.74) is 0. The van der Waals surface area contributed by atoms with Gasteiger partial charge in [-0.1, -0.05) is 13.8 Å². The van der Waals surface area contributed by atoms with Gasteiger partial charge in [-0.3, -0.25) is 4.90 Å². The van der Waals surface area contributed by atoms with Crippen molar-refractivity contribution in [2.75, 3.05) is 19.6 Å². The van der Waals surface area contributed by atoms with Gasteiger partial charge >= 0.3 is 6.18 Å². The summed E-state index contributed by atoms with van der Waals surface area (Å²) in [6.07, 6.45) is -1.05. The molecule has 2 fully saturated rings. The third-order valence-electron chi connectivity index (χ3n) is 4.93. The van der Waals surface area contributed by atoms with Crippen molar-refractivity contribution in [3.05, 3.63) is 0 Å². The molecule has 6 heteroatoms. The topological polar surface area (TPSA) is 35.5 Å². The minimum absolute atomic E-state index is 0.0744. The first kappa shape index (κ1) is 17.0. The molecule has 3 unspecified atom stereocenters. The zero-order valence-electron chi connectivity index (χ0n) is 12.9. The predicted molar refractivity (Wildman–Crippen MR) is 76.0 cm³/mol. The maximum Gasteiger partial charge on any atom is 0.401 e. The van der Waals surface area contributed by atoms with Gasteiger partial charge in [0, 0.05) is 25.2 Å². The van der Waals surface area contributed by atoms with Crippen LogP contribution in [0.1, 0.15) is 39.5 Å². The molecule has 1 aliphatic heterocycles. The molecule has 124 valence electrons. The van der Waals surface area contributed by atoms with Gasteiger partial charge in [-0.05, 0) is 37.5 Å². The molecule has 0 aromatic rings. The van der Waals surface area contributed by atoms with E-state index in [2.05, 4.69) is 17.1 Å². The van der Waals surface area contributed by atoms with Crippen molar-refractivity contribution in [3.8, 4) is 0 Å². The summed E-state index contributed by atoms with van der Waals surface area (Å²) < 4.78 is 37.2. The van der Waals surface area contributed by atoms with Crippen LogP contribution < -0.4 is 5.32 Å². The third kappa shape index (κ3) is 4.83. The Hall–Kier alpha value is -0.330. The number of hydrogen-bond acceptors (Lipinski definition) is 3. The number of rotatable bonds is 5. The monoisotopic (exact) mass is 308 g/mol. The van der Waals surface area contributed by atoms with Gasteiger partial charge in [0.05, 0.1) is 12.6 Å². The van der Waals surface area contributed by atoms with Crippen molar-refractivity contribution in [2.45, 2.75) is 63.9 Å². The van der Waals surface area contributed by atoms with Gasteiger partial charge in [0.15, 0.2) is 0 Å². The van der Waals surface area contributed by atoms with Crippen LogP contribution in [-0.2, 0) is 0 Å². The SMILES string of the molecule is CCC(O)C1CC(NCC(F)(F)F)CN(C2CC(C)C2)C1. The summed E-state index contributed by atoms with van der Waals surface area (Å²) in [6.45, 7) is 4.67. The van der Waals surface area contributed by atoms with E-state index in [-0.39, 0.29) is 12.0 Å². The van der Waals surface area contributed by atoms with Gasteiger partial charge in [0.25, 0.3) is 0 Å². The van der Waals surface area contributed by atoms with Gasteiger partial charge in [0.1, 0.15) is 0 Å². The molecule has 0 bridgehead atoms. The molecule has 1 saturated heterocycles. The molecule has 2 N–H and O–H groups in total. The fraction of sp³-hybridized carbons (Fsp3) is 1.00. The summed E-state index contributed by atoms with van der Waals surface area (Å²) in [5, 5.41) is 12.7. The van der Waals surface area contributed by atoms with Crippen molar-refractivity contribution in [1.82, 2.24) is 10.2 Å². The average molecular weight is 308 g/mol. The zero-order chi connectivity index (χ0) is 15.6. The van der Waals surface area contributed by atoms with Gasteiger partial charge in [0.2, 0.25) is 0 Å². The summed E-state index contributed by atoms with van der Waals surface area (Å²) in [6, 6.07) is 0.310. The summed E-state index contributed by atoms with van der Waals surface area (Å²) >= 11 is 0. The number of hydrogen-bond donors (Lipinski definition) is 2. The molecule has 1 heterocycles. The molecule has 1 aliphatic carbocycles. The fourth-order valence-corrected chi connectivity index (χ4v) is 3.65. The van der Waals surface area contributed by atoms with E-state index >= 15 is 0 Å². The molecule has 0 aromatic carbocycles. The Morgan fingerprint density at radius 3 is 2.43 bits per heavy atom. The van der Waals surface area contributed by atoms with Crippen LogP contribution in [0.15, 0.2) is 0 Å². The van der Waals surface area contributed by atoms with Gasteiger partial charge < -0.3 is 10.4 Å². The maximum atomic E-state index is 12.4. The standard InChI is InChI=1S/C15H27F3N2O/c1-3-14(21)11-6-12(19-9-15(16,17)18)8-20(7-11)13-4-10(2)5-13/h10-14,19,21H,3-9H2,1-2H3. The van der Waals surface area contributed by atoms with Gasteiger partial charge in [-0.2, -0.15) is 13.2 Å². The molecule has 0 aromatic heterocycles. The Morgan fingerprint density at radius 2 is 1.90 bits per heavy atom. The molecule has 0 amide bonds. The highest BCUT2D eigenvalue weighted by Crippen LogP contribution is 2.34. The van der Waals surface area contributed by atoms with Crippen LogP contribution in [0.25, 0.3) is 0 Å². The first-order valence-electron chi connectivity index (χ1n) is 8.00. The molecule has 1 saturated carbocycles. The highest BCUT2D eigenvalue weighted by atomic mass is 19.4. The van der Waals surface area contributed by atoms with Crippen LogP contribution in [0.3, 0.4) is 0 Å². The quantitative estimate of drug-likeness (QED) is 0.819. The van der Waals surface area contributed by atoms with E-state index in [1.54, 1.807) is 0 Å². The van der Waals surface area contributed by atoms with Crippen molar-refractivity contribution < 1.29 is 18.3 Å². The number of nitrogens with zero attached hydrogens (tertiary/aromatic N) is 1. The van der Waals surface area contributed by atoms with Crippen LogP contribution in [-0.4, -0.2) is 54.0 Å². The molecule has 2 aliphatic rings. The number of aliphatic hydroxyl groups is 1. The Balaban J connectivity index is 1.93. The minimum atomic E-state index is -4.17. The molecular weight excluding hydrogens is 281 g/mol. The zero-order valence-corrected chi connectivity index (χ0v) is 12.9. The van der Waals surface area contributed by atoms with Crippen molar-refractivity contribution in [3.63, 3.8) is 0 Å². The number of aliphatic hydroxyl groups excluding tert-OH is 1. The van der Waals surface area contributed by atoms with Crippen molar-refractivity contribution in [1.29, 1.82) is 0 Å². The first-order valence-corrected chi connectivity index (χ1v) is 8.00. The van der Waals surface area contributed by atoms with Crippen LogP contribution in [0.4, 0.5) is 13.2 Å². The van der Waals surface area contributed by atoms with E-state index in [9.17, 15) is 18.3 Å². The minimum Gasteiger partial charge on any atom is -0.393 e. The third-order valence-corrected chi connectivity index (χ3v) is 4.93. The molecule has 0 radical (unpaired) electrons. The smallest absolute Gasteiger partial charge is 0.393 e. The van der Waals surface area contributed by atoms with Crippen LogP contribution >= 0.6 is 0 Å². The van der Waals surface area contributed by atoms with E-state index in [1.807, 2.05) is 6.92 Å². The molecule has 3 atom stereocenters. The van der Waals surface area contributed by atoms with Gasteiger partial charge in [-0.15, -0.1) is 0 Å². The van der Waals surface area contributed by atoms with Crippen molar-refractivity contribution in [2.24, 2.45) is 11.8 Å². The Morgan fingerprint density at radius 1 is 1.24 bits per heavy atom. The summed E-state index contributed by atoms with van der Waals surface area (Å²) in [4.78, 5) is 2.29. The van der Waals surface area contributed by atoms with Crippen LogP contribution in [0, 0.1) is 11.8 Å². The highest BCUT2D eigenvalue weighted by molar-refractivity contribution is 4.93. The van der Waals surface area contributed by atoms with E-state index < -0.39 is 18.8 Å². The van der Waals surface area contributed by atoms with Crippen LogP contribution in [0.2, 0.25) is 0 Å². The largest absolute Gasteiger partial charge is 0.401 e. The van der Waals surface area contributed by atoms with Gasteiger partial charge in [-0.25, -0.2) is 0 Å². The van der Waals surface area contributed by atoms with Crippen LogP contribution in [0.5, 0.6) is 0 Å². The maximum absolute atomic E-state index is 12.4. The molecule has 3 nitrogen and oxygen atoms in total. The second-order valence-electron chi connectivity index (χ2n) is 6.85. The molecule has 2 rings (SSSR count). The lowest BCUT2D eigenvalue weighted by Crippen LogP contribution is -2.57. The Kier molecular flexibility index (Phi) is 5.54. The van der Waals surface area contributed by atoms with E-state index in [0.29, 0.717) is 31.3 Å². The lowest BCUT2D eigenvalue weighted by Gasteiger charge is -2.48. The van der Waals surface area contributed by atoms with E-state index in [1.165, 1.54) is 0 Å². The lowest BCUT2D eigenvalue weighted by atomic mass is 9.78. The summed E-state index contributed by atoms with van der Waals surface area (Å²) in [5.74, 6) is 0.790. The predicted octanol–water partition coefficient (Wildman–Crippen LogP) is 2.40. The number of likely N-dealkylation sites (tertiary alicyclic amines) is 1. The second kappa shape index (κ2) is 6.84. The Bertz CT molecular complexity index is 331. The average Bonchev–Trinajstić information content (AvgIpc) is 2.39. The van der Waals surface area contributed by atoms with E-state index in [4.69, 9.17) is 0 Å². The number of nitrogens with one attached hydrogen (secondary N) is 1. The molecular formula is C15H27F3N2O. The first-order chi connectivity index (χ1) is 9.78. The summed E-state index contributed by atoms with van der Waals surface area (Å²) in [7, 11) is 0. The molecule has 21 heavy (non-hydrogen) atoms. The second-order valence-corrected chi connectivity index (χ2v) is 6.85.